The van der Waals surface area contributed by atoms with E-state index in [0.29, 0.717) is 98.5 Å². The molecule has 8 heterocycles. The molecule has 18 nitrogen and oxygen atoms in total. The van der Waals surface area contributed by atoms with Crippen molar-refractivity contribution in [3.05, 3.63) is 66.5 Å². The number of morpholine rings is 4. The first-order chi connectivity index (χ1) is 29.2. The van der Waals surface area contributed by atoms with Crippen molar-refractivity contribution in [1.29, 1.82) is 0 Å². The molecule has 0 atom stereocenters. The van der Waals surface area contributed by atoms with Gasteiger partial charge in [-0.05, 0) is 17.7 Å². The Kier molecular flexibility index (Phi) is 10.8. The molecule has 6 aromatic rings. The maximum Gasteiger partial charge on any atom is 0.245 e. The first-order valence-corrected chi connectivity index (χ1v) is 20.3. The highest BCUT2D eigenvalue weighted by Gasteiger charge is 2.23. The molecular weight excluding hydrogens is 753 g/mol. The molecule has 2 aromatic carbocycles. The minimum atomic E-state index is 0.297. The van der Waals surface area contributed by atoms with Gasteiger partial charge in [0.05, 0.1) is 76.6 Å². The number of aromatic nitrogens is 8. The number of fused-ring (bicyclic) bond motifs is 2. The summed E-state index contributed by atoms with van der Waals surface area (Å²) in [4.78, 5) is 48.4. The molecule has 4 aliphatic heterocycles. The van der Waals surface area contributed by atoms with Crippen molar-refractivity contribution in [2.24, 2.45) is 0 Å². The highest BCUT2D eigenvalue weighted by atomic mass is 16.5. The first-order valence-electron chi connectivity index (χ1n) is 20.3. The fraction of sp³-hybridized carbons (Fsp3) is 0.415. The van der Waals surface area contributed by atoms with Gasteiger partial charge in [0.2, 0.25) is 11.9 Å². The highest BCUT2D eigenvalue weighted by molar-refractivity contribution is 5.87. The van der Waals surface area contributed by atoms with Gasteiger partial charge in [0.15, 0.2) is 34.0 Å². The predicted octanol–water partition coefficient (Wildman–Crippen LogP) is 3.27. The number of rotatable bonds is 10. The molecule has 0 bridgehead atoms. The van der Waals surface area contributed by atoms with Gasteiger partial charge >= 0.3 is 0 Å². The van der Waals surface area contributed by atoms with E-state index < -0.39 is 0 Å². The Morgan fingerprint density at radius 2 is 0.983 bits per heavy atom. The molecule has 0 amide bonds. The van der Waals surface area contributed by atoms with Crippen molar-refractivity contribution >= 4 is 51.5 Å². The molecule has 4 aromatic heterocycles. The molecule has 0 radical (unpaired) electrons. The van der Waals surface area contributed by atoms with Gasteiger partial charge in [-0.3, -0.25) is 15.8 Å². The maximum absolute atomic E-state index is 5.70. The van der Waals surface area contributed by atoms with Crippen molar-refractivity contribution in [1.82, 2.24) is 44.8 Å². The summed E-state index contributed by atoms with van der Waals surface area (Å²) in [6, 6.07) is 16.8. The number of hydrazine groups is 1. The third-order valence-corrected chi connectivity index (χ3v) is 11.0. The summed E-state index contributed by atoms with van der Waals surface area (Å²) in [7, 11) is 0. The molecule has 4 aliphatic rings. The summed E-state index contributed by atoms with van der Waals surface area (Å²) >= 11 is 0. The van der Waals surface area contributed by atoms with Crippen molar-refractivity contribution in [3.63, 3.8) is 0 Å². The maximum atomic E-state index is 5.70. The Balaban J connectivity index is 0.946. The predicted molar refractivity (Wildman–Crippen MR) is 224 cm³/mol. The lowest BCUT2D eigenvalue weighted by Gasteiger charge is -2.29. The summed E-state index contributed by atoms with van der Waals surface area (Å²) in [6.07, 6.45) is 3.55. The van der Waals surface area contributed by atoms with Crippen LogP contribution in [0, 0.1) is 0 Å². The topological polar surface area (TPSA) is 177 Å². The minimum absolute atomic E-state index is 0.297. The lowest BCUT2D eigenvalue weighted by molar-refractivity contribution is 0.0342. The molecule has 59 heavy (non-hydrogen) atoms. The smallest absolute Gasteiger partial charge is 0.245 e. The van der Waals surface area contributed by atoms with E-state index in [2.05, 4.69) is 72.9 Å². The van der Waals surface area contributed by atoms with E-state index in [4.69, 9.17) is 58.8 Å². The normalized spacial score (nSPS) is 18.1. The van der Waals surface area contributed by atoms with Crippen LogP contribution < -0.4 is 25.6 Å². The van der Waals surface area contributed by atoms with Crippen molar-refractivity contribution in [2.75, 3.05) is 131 Å². The number of benzene rings is 2. The van der Waals surface area contributed by atoms with Crippen molar-refractivity contribution in [3.8, 4) is 22.5 Å². The van der Waals surface area contributed by atoms with E-state index in [1.807, 2.05) is 6.07 Å². The number of hydrogen-bond donors (Lipinski definition) is 2. The summed E-state index contributed by atoms with van der Waals surface area (Å²) in [5, 5.41) is 0. The van der Waals surface area contributed by atoms with Gasteiger partial charge in [0.1, 0.15) is 0 Å². The first kappa shape index (κ1) is 37.4. The summed E-state index contributed by atoms with van der Waals surface area (Å²) < 4.78 is 22.5. The second kappa shape index (κ2) is 17.1. The Bertz CT molecular complexity index is 2400. The third kappa shape index (κ3) is 8.22. The minimum Gasteiger partial charge on any atom is -0.379 e. The van der Waals surface area contributed by atoms with Gasteiger partial charge < -0.3 is 33.6 Å². The number of nitrogens with zero attached hydrogens (tertiary/aromatic N) is 12. The van der Waals surface area contributed by atoms with Crippen LogP contribution in [0.4, 0.5) is 29.2 Å². The number of hydrogen-bond acceptors (Lipinski definition) is 18. The molecule has 0 aliphatic carbocycles. The van der Waals surface area contributed by atoms with Gasteiger partial charge in [-0.2, -0.15) is 19.9 Å². The molecule has 2 N–H and O–H groups in total. The van der Waals surface area contributed by atoms with E-state index in [-0.39, 0.29) is 0 Å². The molecule has 10 rings (SSSR count). The zero-order valence-electron chi connectivity index (χ0n) is 32.8. The van der Waals surface area contributed by atoms with E-state index >= 15 is 0 Å². The van der Waals surface area contributed by atoms with Gasteiger partial charge in [-0.15, -0.1) is 0 Å². The lowest BCUT2D eigenvalue weighted by atomic mass is 10.0. The van der Waals surface area contributed by atoms with Crippen LogP contribution in [-0.4, -0.2) is 150 Å². The van der Waals surface area contributed by atoms with E-state index in [0.717, 1.165) is 87.4 Å². The van der Waals surface area contributed by atoms with E-state index in [9.17, 15) is 0 Å². The Morgan fingerprint density at radius 3 is 1.56 bits per heavy atom. The number of nitrogens with one attached hydrogen (secondary N) is 2. The molecule has 304 valence electrons. The van der Waals surface area contributed by atoms with Crippen LogP contribution in [0.2, 0.25) is 0 Å². The zero-order chi connectivity index (χ0) is 39.4. The molecular formula is C41H46N14O4. The Morgan fingerprint density at radius 1 is 0.492 bits per heavy atom. The SMILES string of the molecule is c1ccc(-c2cnc3nc(NNc4nc(N5CCOCC5)c5nc(-c6ccc(N7CCOCC7)cc6)cnc5n4)nc(N4CCOCC4)c3n2)c(CN2CCOCC2)c1. The average Bonchev–Trinajstić information content (AvgIpc) is 3.31. The monoisotopic (exact) mass is 798 g/mol. The molecule has 0 spiro atoms. The second-order valence-corrected chi connectivity index (χ2v) is 14.7. The largest absolute Gasteiger partial charge is 0.379 e. The average molecular weight is 799 g/mol. The molecule has 4 fully saturated rings. The molecule has 18 heteroatoms. The van der Waals surface area contributed by atoms with Crippen LogP contribution in [-0.2, 0) is 25.5 Å². The van der Waals surface area contributed by atoms with Crippen LogP contribution in [0.1, 0.15) is 5.56 Å². The zero-order valence-corrected chi connectivity index (χ0v) is 32.8. The highest BCUT2D eigenvalue weighted by Crippen LogP contribution is 2.31. The molecule has 0 unspecified atom stereocenters. The van der Waals surface area contributed by atoms with Gasteiger partial charge in [-0.25, -0.2) is 19.9 Å². The number of ether oxygens (including phenoxy) is 4. The molecule has 0 saturated carbocycles. The fourth-order valence-electron chi connectivity index (χ4n) is 7.84. The van der Waals surface area contributed by atoms with E-state index in [1.54, 1.807) is 12.4 Å². The third-order valence-electron chi connectivity index (χ3n) is 11.0. The lowest BCUT2D eigenvalue weighted by Crippen LogP contribution is -2.37. The van der Waals surface area contributed by atoms with Gasteiger partial charge in [0.25, 0.3) is 0 Å². The summed E-state index contributed by atoms with van der Waals surface area (Å²) in [5.74, 6) is 1.94. The van der Waals surface area contributed by atoms with Crippen molar-refractivity contribution < 1.29 is 18.9 Å². The number of anilines is 5. The van der Waals surface area contributed by atoms with Crippen molar-refractivity contribution in [2.45, 2.75) is 6.54 Å². The quantitative estimate of drug-likeness (QED) is 0.193. The van der Waals surface area contributed by atoms with Crippen LogP contribution in [0.15, 0.2) is 60.9 Å². The van der Waals surface area contributed by atoms with Gasteiger partial charge in [0, 0.05) is 75.7 Å². The standard InChI is InChI=1S/C41H46N14O4/c1-2-4-31(29(3-1)27-52-9-17-56-18-10-52)33-26-43-37-35(45-33)39(55-15-23-59-24-16-55)49-41(47-37)51-50-40-46-36-34(38(48-40)54-13-21-58-22-14-54)44-32(25-42-36)28-5-7-30(8-6-28)53-11-19-57-20-12-53/h1-8,25-26H,9-24,27H2,(H,42,46,48,50)(H,43,47,49,51). The van der Waals surface area contributed by atoms with Gasteiger partial charge in [-0.1, -0.05) is 36.4 Å². The van der Waals surface area contributed by atoms with Crippen LogP contribution in [0.5, 0.6) is 0 Å². The Labute approximate surface area is 340 Å². The van der Waals surface area contributed by atoms with Crippen LogP contribution >= 0.6 is 0 Å². The van der Waals surface area contributed by atoms with Crippen LogP contribution in [0.25, 0.3) is 44.8 Å². The summed E-state index contributed by atoms with van der Waals surface area (Å²) in [6.45, 7) is 12.3. The Hall–Kier alpha value is -5.92. The fourth-order valence-corrected chi connectivity index (χ4v) is 7.84. The molecule has 4 saturated heterocycles. The van der Waals surface area contributed by atoms with Crippen LogP contribution in [0.3, 0.4) is 0 Å². The second-order valence-electron chi connectivity index (χ2n) is 14.7. The van der Waals surface area contributed by atoms with E-state index in [1.165, 1.54) is 5.56 Å². The summed E-state index contributed by atoms with van der Waals surface area (Å²) in [5.41, 5.74) is 14.3.